The van der Waals surface area contributed by atoms with Gasteiger partial charge in [-0.25, -0.2) is 0 Å². The number of nitrogens with zero attached hydrogens (tertiary/aromatic N) is 4. The van der Waals surface area contributed by atoms with Crippen molar-refractivity contribution < 1.29 is 4.74 Å². The minimum atomic E-state index is 0.421. The summed E-state index contributed by atoms with van der Waals surface area (Å²) in [5.41, 5.74) is 0. The van der Waals surface area contributed by atoms with Gasteiger partial charge in [-0.05, 0) is 32.6 Å². The fourth-order valence-corrected chi connectivity index (χ4v) is 3.43. The number of hydrogen-bond donors (Lipinski definition) is 0. The Bertz CT molecular complexity index is 433. The molecule has 5 nitrogen and oxygen atoms in total. The van der Waals surface area contributed by atoms with Crippen molar-refractivity contribution in [3.8, 4) is 0 Å². The van der Waals surface area contributed by atoms with Crippen LogP contribution in [0.3, 0.4) is 0 Å². The molecule has 0 spiro atoms. The van der Waals surface area contributed by atoms with E-state index >= 15 is 0 Å². The molecule has 2 aliphatic rings. The van der Waals surface area contributed by atoms with Gasteiger partial charge in [0, 0.05) is 26.2 Å². The lowest BCUT2D eigenvalue weighted by atomic mass is 10.1. The summed E-state index contributed by atoms with van der Waals surface area (Å²) in [6, 6.07) is 0.705. The van der Waals surface area contributed by atoms with Crippen LogP contribution in [0.5, 0.6) is 0 Å². The second kappa shape index (κ2) is 6.22. The molecule has 1 aliphatic carbocycles. The Morgan fingerprint density at radius 2 is 2.00 bits per heavy atom. The Hall–Kier alpha value is -0.940. The maximum atomic E-state index is 5.83. The molecule has 1 aliphatic heterocycles. The Kier molecular flexibility index (Phi) is 4.36. The van der Waals surface area contributed by atoms with Gasteiger partial charge >= 0.3 is 0 Å². The highest BCUT2D eigenvalue weighted by molar-refractivity contribution is 4.94. The van der Waals surface area contributed by atoms with E-state index in [4.69, 9.17) is 4.74 Å². The molecule has 2 fully saturated rings. The SMILES string of the molecule is Cc1nnc(CN(CC2CCCO2)C2CCCC2)n1C. The van der Waals surface area contributed by atoms with Crippen molar-refractivity contribution in [3.63, 3.8) is 0 Å². The average Bonchev–Trinajstić information content (AvgIpc) is 3.16. The highest BCUT2D eigenvalue weighted by Gasteiger charge is 2.28. The van der Waals surface area contributed by atoms with E-state index in [2.05, 4.69) is 26.7 Å². The quantitative estimate of drug-likeness (QED) is 0.827. The molecular formula is C15H26N4O. The number of rotatable bonds is 5. The fraction of sp³-hybridized carbons (Fsp3) is 0.867. The van der Waals surface area contributed by atoms with Crippen LogP contribution in [0.25, 0.3) is 0 Å². The smallest absolute Gasteiger partial charge is 0.146 e. The zero-order chi connectivity index (χ0) is 13.9. The molecule has 0 radical (unpaired) electrons. The summed E-state index contributed by atoms with van der Waals surface area (Å²) in [6.07, 6.45) is 8.22. The van der Waals surface area contributed by atoms with Gasteiger partial charge in [-0.15, -0.1) is 10.2 Å². The zero-order valence-corrected chi connectivity index (χ0v) is 12.7. The van der Waals surface area contributed by atoms with E-state index in [9.17, 15) is 0 Å². The highest BCUT2D eigenvalue weighted by atomic mass is 16.5. The molecule has 3 rings (SSSR count). The number of aromatic nitrogens is 3. The summed E-state index contributed by atoms with van der Waals surface area (Å²) >= 11 is 0. The van der Waals surface area contributed by atoms with Gasteiger partial charge in [0.2, 0.25) is 0 Å². The molecule has 0 N–H and O–H groups in total. The lowest BCUT2D eigenvalue weighted by Gasteiger charge is -2.30. The Morgan fingerprint density at radius 1 is 1.20 bits per heavy atom. The summed E-state index contributed by atoms with van der Waals surface area (Å²) in [6.45, 7) is 4.90. The van der Waals surface area contributed by atoms with Crippen molar-refractivity contribution in [2.24, 2.45) is 7.05 Å². The Balaban J connectivity index is 1.68. The zero-order valence-electron chi connectivity index (χ0n) is 12.7. The van der Waals surface area contributed by atoms with Crippen molar-refractivity contribution in [2.45, 2.75) is 64.1 Å². The third-order valence-corrected chi connectivity index (χ3v) is 4.83. The van der Waals surface area contributed by atoms with Gasteiger partial charge in [0.15, 0.2) is 0 Å². The summed E-state index contributed by atoms with van der Waals surface area (Å²) in [5, 5.41) is 8.51. The largest absolute Gasteiger partial charge is 0.377 e. The van der Waals surface area contributed by atoms with E-state index in [-0.39, 0.29) is 0 Å². The summed E-state index contributed by atoms with van der Waals surface area (Å²) in [4.78, 5) is 2.59. The van der Waals surface area contributed by atoms with Crippen LogP contribution in [0.2, 0.25) is 0 Å². The monoisotopic (exact) mass is 278 g/mol. The van der Waals surface area contributed by atoms with Crippen LogP contribution >= 0.6 is 0 Å². The van der Waals surface area contributed by atoms with Crippen LogP contribution in [0.4, 0.5) is 0 Å². The number of aryl methyl sites for hydroxylation is 1. The lowest BCUT2D eigenvalue weighted by molar-refractivity contribution is 0.0526. The second-order valence-electron chi connectivity index (χ2n) is 6.23. The van der Waals surface area contributed by atoms with Gasteiger partial charge < -0.3 is 9.30 Å². The first-order chi connectivity index (χ1) is 9.74. The first-order valence-electron chi connectivity index (χ1n) is 7.94. The lowest BCUT2D eigenvalue weighted by Crippen LogP contribution is -2.39. The van der Waals surface area contributed by atoms with Gasteiger partial charge in [-0.2, -0.15) is 0 Å². The van der Waals surface area contributed by atoms with Gasteiger partial charge in [0.05, 0.1) is 12.6 Å². The molecule has 2 heterocycles. The van der Waals surface area contributed by atoms with Crippen molar-refractivity contribution in [3.05, 3.63) is 11.6 Å². The summed E-state index contributed by atoms with van der Waals surface area (Å²) in [7, 11) is 2.06. The molecule has 1 saturated carbocycles. The van der Waals surface area contributed by atoms with E-state index in [1.807, 2.05) is 6.92 Å². The minimum absolute atomic E-state index is 0.421. The molecule has 1 saturated heterocycles. The number of hydrogen-bond acceptors (Lipinski definition) is 4. The molecule has 5 heteroatoms. The molecule has 112 valence electrons. The predicted molar refractivity (Wildman–Crippen MR) is 77.4 cm³/mol. The number of ether oxygens (including phenoxy) is 1. The molecule has 1 atom stereocenters. The van der Waals surface area contributed by atoms with Crippen LogP contribution in [-0.2, 0) is 18.3 Å². The highest BCUT2D eigenvalue weighted by Crippen LogP contribution is 2.26. The Morgan fingerprint density at radius 3 is 2.60 bits per heavy atom. The molecule has 0 amide bonds. The fourth-order valence-electron chi connectivity index (χ4n) is 3.43. The van der Waals surface area contributed by atoms with Crippen molar-refractivity contribution in [2.75, 3.05) is 13.2 Å². The third-order valence-electron chi connectivity index (χ3n) is 4.83. The second-order valence-corrected chi connectivity index (χ2v) is 6.23. The molecule has 1 aromatic rings. The first-order valence-corrected chi connectivity index (χ1v) is 7.94. The first kappa shape index (κ1) is 14.0. The van der Waals surface area contributed by atoms with E-state index < -0.39 is 0 Å². The van der Waals surface area contributed by atoms with Crippen LogP contribution in [0.15, 0.2) is 0 Å². The molecule has 0 aromatic carbocycles. The van der Waals surface area contributed by atoms with E-state index in [0.717, 1.165) is 31.3 Å². The Labute approximate surface area is 121 Å². The molecule has 0 bridgehead atoms. The maximum absolute atomic E-state index is 5.83. The molecule has 20 heavy (non-hydrogen) atoms. The molecule has 1 unspecified atom stereocenters. The molecular weight excluding hydrogens is 252 g/mol. The standard InChI is InChI=1S/C15H26N4O/c1-12-16-17-15(18(12)2)11-19(13-6-3-4-7-13)10-14-8-5-9-20-14/h13-14H,3-11H2,1-2H3. The van der Waals surface area contributed by atoms with Crippen LogP contribution in [-0.4, -0.2) is 45.0 Å². The van der Waals surface area contributed by atoms with E-state index in [0.29, 0.717) is 12.1 Å². The van der Waals surface area contributed by atoms with Gasteiger partial charge in [-0.3, -0.25) is 4.90 Å². The third kappa shape index (κ3) is 3.04. The van der Waals surface area contributed by atoms with Crippen LogP contribution in [0.1, 0.15) is 50.2 Å². The van der Waals surface area contributed by atoms with E-state index in [1.165, 1.54) is 38.5 Å². The van der Waals surface area contributed by atoms with Gasteiger partial charge in [0.1, 0.15) is 11.6 Å². The summed E-state index contributed by atoms with van der Waals surface area (Å²) < 4.78 is 7.94. The van der Waals surface area contributed by atoms with Crippen molar-refractivity contribution in [1.29, 1.82) is 0 Å². The normalized spacial score (nSPS) is 24.1. The topological polar surface area (TPSA) is 43.2 Å². The van der Waals surface area contributed by atoms with E-state index in [1.54, 1.807) is 0 Å². The van der Waals surface area contributed by atoms with Gasteiger partial charge in [0.25, 0.3) is 0 Å². The summed E-state index contributed by atoms with van der Waals surface area (Å²) in [5.74, 6) is 2.07. The van der Waals surface area contributed by atoms with Gasteiger partial charge in [-0.1, -0.05) is 12.8 Å². The van der Waals surface area contributed by atoms with Crippen molar-refractivity contribution in [1.82, 2.24) is 19.7 Å². The van der Waals surface area contributed by atoms with Crippen LogP contribution < -0.4 is 0 Å². The maximum Gasteiger partial charge on any atom is 0.146 e. The molecule has 1 aromatic heterocycles. The minimum Gasteiger partial charge on any atom is -0.377 e. The van der Waals surface area contributed by atoms with Crippen molar-refractivity contribution >= 4 is 0 Å². The van der Waals surface area contributed by atoms with Crippen LogP contribution in [0, 0.1) is 6.92 Å². The average molecular weight is 278 g/mol. The predicted octanol–water partition coefficient (Wildman–Crippen LogP) is 2.05.